The van der Waals surface area contributed by atoms with Crippen LogP contribution in [0.3, 0.4) is 0 Å². The minimum Gasteiger partial charge on any atom is -0.464 e. The van der Waals surface area contributed by atoms with Crippen LogP contribution in [0.25, 0.3) is 96.5 Å². The number of hydrogen-bond donors (Lipinski definition) is 2. The normalized spacial score (nSPS) is 15.1. The van der Waals surface area contributed by atoms with E-state index in [-0.39, 0.29) is 31.5 Å². The summed E-state index contributed by atoms with van der Waals surface area (Å²) in [5, 5.41) is 18.8. The zero-order chi connectivity index (χ0) is 76.8. The van der Waals surface area contributed by atoms with Crippen molar-refractivity contribution in [2.24, 2.45) is 21.1 Å². The Morgan fingerprint density at radius 1 is 0.585 bits per heavy atom. The van der Waals surface area contributed by atoms with Crippen LogP contribution in [0.4, 0.5) is 11.6 Å². The molecule has 0 amide bonds. The van der Waals surface area contributed by atoms with Crippen molar-refractivity contribution in [1.29, 1.82) is 0 Å². The van der Waals surface area contributed by atoms with E-state index in [1.54, 1.807) is 45.9 Å². The zero-order valence-corrected chi connectivity index (χ0v) is 69.4. The molecule has 2 atom stereocenters. The van der Waals surface area contributed by atoms with Crippen molar-refractivity contribution >= 4 is 162 Å². The fraction of sp³-hybridized carbons (Fsp3) is 0.362. The topological polar surface area (TPSA) is 224 Å². The highest BCUT2D eigenvalue weighted by atomic mass is 79.9. The van der Waals surface area contributed by atoms with E-state index in [2.05, 4.69) is 111 Å². The van der Waals surface area contributed by atoms with Gasteiger partial charge in [0.25, 0.3) is 0 Å². The Morgan fingerprint density at radius 3 is 1.40 bits per heavy atom. The number of aromatic nitrogens is 8. The second kappa shape index (κ2) is 31.9. The lowest BCUT2D eigenvalue weighted by Gasteiger charge is -2.32. The highest BCUT2D eigenvalue weighted by Gasteiger charge is 2.52. The highest BCUT2D eigenvalue weighted by molar-refractivity contribution is 9.10. The Morgan fingerprint density at radius 2 is 0.981 bits per heavy atom. The molecule has 0 unspecified atom stereocenters. The van der Waals surface area contributed by atoms with Gasteiger partial charge in [-0.15, -0.1) is 22.7 Å². The van der Waals surface area contributed by atoms with Crippen molar-refractivity contribution in [3.8, 4) is 43.4 Å². The number of carbonyl (C=O) groups is 2. The van der Waals surface area contributed by atoms with Crippen LogP contribution in [0, 0.1) is 13.8 Å². The van der Waals surface area contributed by atoms with Gasteiger partial charge in [0.2, 0.25) is 0 Å². The minimum atomic E-state index is -0.919. The van der Waals surface area contributed by atoms with Gasteiger partial charge in [-0.05, 0) is 245 Å². The molecule has 1 fully saturated rings. The Balaban J connectivity index is 0.000000156. The lowest BCUT2D eigenvalue weighted by Crippen LogP contribution is -2.41. The highest BCUT2D eigenvalue weighted by Crippen LogP contribution is 2.48. The van der Waals surface area contributed by atoms with Gasteiger partial charge in [-0.3, -0.25) is 14.0 Å². The number of esters is 2. The van der Waals surface area contributed by atoms with Gasteiger partial charge in [0.15, 0.2) is 23.8 Å². The molecule has 0 radical (unpaired) electrons. The van der Waals surface area contributed by atoms with Crippen LogP contribution in [0.15, 0.2) is 136 Å². The number of thiazole rings is 2. The second-order valence-corrected chi connectivity index (χ2v) is 33.9. The molecule has 2 aliphatic rings. The van der Waals surface area contributed by atoms with E-state index in [4.69, 9.17) is 72.9 Å². The summed E-state index contributed by atoms with van der Waals surface area (Å²) >= 11 is 22.6. The third-order valence-electron chi connectivity index (χ3n) is 18.6. The Labute approximate surface area is 654 Å². The van der Waals surface area contributed by atoms with Gasteiger partial charge < -0.3 is 44.6 Å². The fourth-order valence-electron chi connectivity index (χ4n) is 12.8. The van der Waals surface area contributed by atoms with Crippen LogP contribution in [0.5, 0.6) is 0 Å². The number of nitrogen functional groups attached to an aromatic ring is 2. The third-order valence-corrected chi connectivity index (χ3v) is 22.5. The SMILES string of the molecule is CCOC(=O)[C@@H](OC(C)(C)C)c1c(C)cc2nc(-c3ccc4c(c3)c(Br)nn4C)sc2c1-c1ccc(Cl)cc1.CCOC(=O)[C@@H](OC(C)(C)C)c1c(C)cc2nc(-c3ccc4c(c3)c(N)nn4C)sc2c1-c1ccc(Cl)cc1.CN1CC=C(B2OC(C)(C)C(C)(C)O2)CC1.Cn1nc(N)c2cc(Br)ccc21. The van der Waals surface area contributed by atoms with Crippen molar-refractivity contribution in [2.45, 2.75) is 138 Å². The Hall–Kier alpha value is -7.59. The molecule has 0 spiro atoms. The van der Waals surface area contributed by atoms with Crippen molar-refractivity contribution in [3.63, 3.8) is 0 Å². The molecule has 4 N–H and O–H groups in total. The lowest BCUT2D eigenvalue weighted by atomic mass is 9.75. The van der Waals surface area contributed by atoms with Crippen LogP contribution >= 0.6 is 77.7 Å². The summed E-state index contributed by atoms with van der Waals surface area (Å²) < 4.78 is 44.9. The van der Waals surface area contributed by atoms with Gasteiger partial charge in [-0.2, -0.15) is 15.3 Å². The van der Waals surface area contributed by atoms with Crippen molar-refractivity contribution in [3.05, 3.63) is 168 Å². The van der Waals surface area contributed by atoms with Crippen molar-refractivity contribution in [1.82, 2.24) is 44.2 Å². The van der Waals surface area contributed by atoms with Crippen LogP contribution < -0.4 is 11.5 Å². The molecule has 0 saturated carbocycles. The first-order valence-corrected chi connectivity index (χ1v) is 39.0. The fourth-order valence-corrected chi connectivity index (χ4v) is 16.2. The van der Waals surface area contributed by atoms with Gasteiger partial charge in [-0.1, -0.05) is 69.5 Å². The standard InChI is InChI=1S/C30H29BrClN3O3S.C30H31ClN4O3S.C12H22BNO2.C8H8BrN3/c1-7-37-29(36)25(38-30(3,4)5)23-16(2)14-21-26(24(23)17-8-11-19(32)12-9-17)39-28(33-21)18-10-13-22-20(15-18)27(31)34-35(22)6;1-7-37-29(36)25(38-30(3,4)5)23-16(2)14-21-26(24(23)17-8-11-19(31)12-9-17)39-28(33-21)18-10-13-22-20(15-18)27(32)34-35(22)6;1-11(2)12(3,4)16-13(15-11)10-6-8-14(5)9-7-10;1-12-7-3-2-5(9)4-6(7)8(10)11-12/h8-15,25H,7H2,1-6H3;8-15,25H,7H2,1-6H3,(H2,32,34);6H,7-9H2,1-5H3;2-4H,1H3,(H2,10,11)/t2*25-;;/m00../s1. The number of rotatable bonds is 13. The number of anilines is 2. The van der Waals surface area contributed by atoms with Crippen LogP contribution in [-0.4, -0.2) is 119 Å². The van der Waals surface area contributed by atoms with Gasteiger partial charge in [0.05, 0.1) is 72.6 Å². The minimum absolute atomic E-state index is 0.140. The summed E-state index contributed by atoms with van der Waals surface area (Å²) in [4.78, 5) is 39.0. The molecule has 26 heteroatoms. The average molecular weight is 1640 g/mol. The molecule has 2 aliphatic heterocycles. The average Bonchev–Trinajstić information content (AvgIpc) is 1.53. The molecule has 5 aromatic heterocycles. The monoisotopic (exact) mass is 1640 g/mol. The molecule has 19 nitrogen and oxygen atoms in total. The molecule has 106 heavy (non-hydrogen) atoms. The smallest absolute Gasteiger partial charge is 0.464 e. The number of aryl methyl sites for hydroxylation is 5. The molecule has 0 aliphatic carbocycles. The van der Waals surface area contributed by atoms with Crippen LogP contribution in [0.1, 0.15) is 124 Å². The van der Waals surface area contributed by atoms with Gasteiger partial charge in [0, 0.05) is 98.3 Å². The predicted molar refractivity (Wildman–Crippen MR) is 441 cm³/mol. The molecule has 7 heterocycles. The predicted octanol–water partition coefficient (Wildman–Crippen LogP) is 19.9. The van der Waals surface area contributed by atoms with E-state index in [1.807, 2.05) is 178 Å². The Kier molecular flexibility index (Phi) is 23.9. The number of halogens is 4. The van der Waals surface area contributed by atoms with Crippen LogP contribution in [0.2, 0.25) is 10.0 Å². The first-order chi connectivity index (χ1) is 49.9. The van der Waals surface area contributed by atoms with E-state index in [0.717, 1.165) is 147 Å². The van der Waals surface area contributed by atoms with E-state index in [1.165, 1.54) is 5.47 Å². The summed E-state index contributed by atoms with van der Waals surface area (Å²) in [5.41, 5.74) is 25.2. The number of ether oxygens (including phenoxy) is 4. The largest absolute Gasteiger partial charge is 0.490 e. The quantitative estimate of drug-likeness (QED) is 0.0809. The van der Waals surface area contributed by atoms with Crippen molar-refractivity contribution in [2.75, 3.05) is 44.8 Å². The van der Waals surface area contributed by atoms with Gasteiger partial charge >= 0.3 is 19.1 Å². The number of benzene rings is 7. The number of nitrogens with two attached hydrogens (primary N) is 2. The maximum Gasteiger partial charge on any atom is 0.490 e. The maximum absolute atomic E-state index is 13.3. The summed E-state index contributed by atoms with van der Waals surface area (Å²) in [5.74, 6) is 0.217. The first kappa shape index (κ1) is 79.5. The number of carbonyl (C=O) groups excluding carboxylic acids is 2. The second-order valence-electron chi connectivity index (χ2n) is 29.4. The molecular formula is C80H90BBr2Cl2N11O8S2. The number of hydrogen-bond acceptors (Lipinski definition) is 18. The third kappa shape index (κ3) is 17.4. The summed E-state index contributed by atoms with van der Waals surface area (Å²) in [7, 11) is 7.67. The maximum atomic E-state index is 13.3. The first-order valence-electron chi connectivity index (χ1n) is 35.0. The molecule has 556 valence electrons. The Bertz CT molecular complexity index is 5040. The molecular weight excluding hydrogens is 1550 g/mol. The van der Waals surface area contributed by atoms with E-state index >= 15 is 0 Å². The number of nitrogens with zero attached hydrogens (tertiary/aromatic N) is 9. The molecule has 0 bridgehead atoms. The molecule has 1 saturated heterocycles. The van der Waals surface area contributed by atoms with Crippen LogP contribution in [-0.2, 0) is 59.0 Å². The number of fused-ring (bicyclic) bond motifs is 5. The van der Waals surface area contributed by atoms with Gasteiger partial charge in [0.1, 0.15) is 14.6 Å². The van der Waals surface area contributed by atoms with E-state index in [9.17, 15) is 9.59 Å². The van der Waals surface area contributed by atoms with Crippen molar-refractivity contribution < 1.29 is 37.8 Å². The van der Waals surface area contributed by atoms with E-state index in [0.29, 0.717) is 21.7 Å². The summed E-state index contributed by atoms with van der Waals surface area (Å²) in [6, 6.07) is 37.5. The summed E-state index contributed by atoms with van der Waals surface area (Å²) in [6.07, 6.45) is 1.46. The van der Waals surface area contributed by atoms with E-state index < -0.39 is 35.3 Å². The molecule has 12 aromatic rings. The zero-order valence-electron chi connectivity index (χ0n) is 63.1. The van der Waals surface area contributed by atoms with Gasteiger partial charge in [-0.25, -0.2) is 19.6 Å². The molecule has 7 aromatic carbocycles. The lowest BCUT2D eigenvalue weighted by molar-refractivity contribution is -0.167. The summed E-state index contributed by atoms with van der Waals surface area (Å²) in [6.45, 7) is 30.2. The number of likely N-dealkylation sites (N-methyl/N-ethyl adjacent to an activating group) is 1. The molecule has 14 rings (SSSR count).